The summed E-state index contributed by atoms with van der Waals surface area (Å²) in [6.45, 7) is 11.8. The molecule has 1 N–H and O–H groups in total. The quantitative estimate of drug-likeness (QED) is 0.357. The van der Waals surface area contributed by atoms with Crippen LogP contribution in [-0.4, -0.2) is 28.6 Å². The smallest absolute Gasteiger partial charge is 0.303 e. The summed E-state index contributed by atoms with van der Waals surface area (Å²) in [4.78, 5) is 11.2. The highest BCUT2D eigenvalue weighted by atomic mass is 79.9. The monoisotopic (exact) mass is 398 g/mol. The number of halogens is 1. The third kappa shape index (κ3) is 5.89. The van der Waals surface area contributed by atoms with Crippen LogP contribution in [0.3, 0.4) is 0 Å². The van der Waals surface area contributed by atoms with Gasteiger partial charge in [0.1, 0.15) is 6.10 Å². The van der Waals surface area contributed by atoms with Crippen molar-refractivity contribution in [2.45, 2.75) is 65.6 Å². The van der Waals surface area contributed by atoms with Crippen LogP contribution in [0.4, 0.5) is 0 Å². The van der Waals surface area contributed by atoms with Gasteiger partial charge in [0.2, 0.25) is 0 Å². The van der Waals surface area contributed by atoms with E-state index in [0.717, 1.165) is 24.6 Å². The van der Waals surface area contributed by atoms with Crippen LogP contribution in [0.1, 0.15) is 53.4 Å². The predicted molar refractivity (Wildman–Crippen MR) is 103 cm³/mol. The molecule has 0 saturated carbocycles. The Bertz CT molecular complexity index is 505. The molecule has 0 radical (unpaired) electrons. The van der Waals surface area contributed by atoms with Crippen molar-refractivity contribution in [2.24, 2.45) is 11.3 Å². The molecule has 4 heteroatoms. The van der Waals surface area contributed by atoms with Gasteiger partial charge in [-0.3, -0.25) is 4.79 Å². The van der Waals surface area contributed by atoms with Crippen molar-refractivity contribution in [2.75, 3.05) is 5.33 Å². The minimum Gasteiger partial charge on any atom is -0.458 e. The van der Waals surface area contributed by atoms with Crippen molar-refractivity contribution in [1.82, 2.24) is 0 Å². The molecule has 0 aliphatic heterocycles. The maximum Gasteiger partial charge on any atom is 0.303 e. The Morgan fingerprint density at radius 1 is 1.54 bits per heavy atom. The second-order valence-electron chi connectivity index (χ2n) is 7.14. The normalized spacial score (nSPS) is 23.2. The standard InChI is InChI=1S/C20H31BrO3/c1-6-17(23)13-19-14(2)7-8-16(20(19,4)5)9-10-18(11-12-21)24-15(3)22/h6,9-10,16-18,23H,1,7-8,11-13H2,2-5H3/b10-9+. The number of aliphatic hydroxyl groups is 1. The fraction of sp³-hybridized carbons (Fsp3) is 0.650. The zero-order valence-corrected chi connectivity index (χ0v) is 16.9. The van der Waals surface area contributed by atoms with Gasteiger partial charge in [0.25, 0.3) is 0 Å². The highest BCUT2D eigenvalue weighted by Gasteiger charge is 2.36. The summed E-state index contributed by atoms with van der Waals surface area (Å²) in [5.74, 6) is 0.112. The molecule has 0 bridgehead atoms. The number of ether oxygens (including phenoxy) is 1. The van der Waals surface area contributed by atoms with E-state index in [1.165, 1.54) is 18.1 Å². The zero-order chi connectivity index (χ0) is 18.3. The molecule has 24 heavy (non-hydrogen) atoms. The molecule has 3 atom stereocenters. The van der Waals surface area contributed by atoms with Crippen LogP contribution in [0, 0.1) is 11.3 Å². The second-order valence-corrected chi connectivity index (χ2v) is 7.94. The molecule has 0 aromatic heterocycles. The average molecular weight is 399 g/mol. The molecule has 0 spiro atoms. The van der Waals surface area contributed by atoms with E-state index in [0.29, 0.717) is 12.3 Å². The molecule has 1 aliphatic carbocycles. The molecule has 0 heterocycles. The van der Waals surface area contributed by atoms with Crippen LogP contribution >= 0.6 is 15.9 Å². The maximum absolute atomic E-state index is 11.2. The largest absolute Gasteiger partial charge is 0.458 e. The van der Waals surface area contributed by atoms with Gasteiger partial charge in [0.05, 0.1) is 6.10 Å². The third-order valence-corrected chi connectivity index (χ3v) is 5.46. The van der Waals surface area contributed by atoms with Crippen molar-refractivity contribution in [3.8, 4) is 0 Å². The Morgan fingerprint density at radius 3 is 2.75 bits per heavy atom. The van der Waals surface area contributed by atoms with Crippen LogP contribution < -0.4 is 0 Å². The van der Waals surface area contributed by atoms with Crippen LogP contribution in [0.15, 0.2) is 36.0 Å². The van der Waals surface area contributed by atoms with Crippen molar-refractivity contribution in [1.29, 1.82) is 0 Å². The van der Waals surface area contributed by atoms with Crippen molar-refractivity contribution in [3.05, 3.63) is 36.0 Å². The topological polar surface area (TPSA) is 46.5 Å². The molecule has 0 aromatic rings. The number of esters is 1. The Balaban J connectivity index is 2.94. The zero-order valence-electron chi connectivity index (χ0n) is 15.3. The molecule has 136 valence electrons. The van der Waals surface area contributed by atoms with E-state index in [1.54, 1.807) is 6.08 Å². The summed E-state index contributed by atoms with van der Waals surface area (Å²) < 4.78 is 5.36. The molecular weight excluding hydrogens is 368 g/mol. The van der Waals surface area contributed by atoms with Crippen molar-refractivity contribution in [3.63, 3.8) is 0 Å². The Kier molecular flexibility index (Phi) is 8.44. The Labute approximate surface area is 155 Å². The fourth-order valence-electron chi connectivity index (χ4n) is 3.50. The number of carbonyl (C=O) groups excluding carboxylic acids is 1. The predicted octanol–water partition coefficient (Wildman–Crippen LogP) is 4.95. The van der Waals surface area contributed by atoms with Gasteiger partial charge in [-0.05, 0) is 50.0 Å². The number of rotatable bonds is 8. The van der Waals surface area contributed by atoms with E-state index >= 15 is 0 Å². The van der Waals surface area contributed by atoms with Gasteiger partial charge >= 0.3 is 5.97 Å². The summed E-state index contributed by atoms with van der Waals surface area (Å²) >= 11 is 3.41. The minimum atomic E-state index is -0.501. The van der Waals surface area contributed by atoms with Crippen molar-refractivity contribution < 1.29 is 14.6 Å². The number of alkyl halides is 1. The highest BCUT2D eigenvalue weighted by Crippen LogP contribution is 2.47. The van der Waals surface area contributed by atoms with Gasteiger partial charge in [-0.25, -0.2) is 0 Å². The van der Waals surface area contributed by atoms with E-state index in [2.05, 4.69) is 49.4 Å². The van der Waals surface area contributed by atoms with Crippen molar-refractivity contribution >= 4 is 21.9 Å². The lowest BCUT2D eigenvalue weighted by Gasteiger charge is -2.41. The van der Waals surface area contributed by atoms with Gasteiger partial charge in [-0.2, -0.15) is 0 Å². The first-order chi connectivity index (χ1) is 11.2. The Hall–Kier alpha value is -0.870. The molecule has 0 saturated heterocycles. The molecule has 3 nitrogen and oxygen atoms in total. The summed E-state index contributed by atoms with van der Waals surface area (Å²) in [6, 6.07) is 0. The van der Waals surface area contributed by atoms with Gasteiger partial charge in [-0.1, -0.05) is 53.1 Å². The van der Waals surface area contributed by atoms with E-state index in [9.17, 15) is 9.90 Å². The molecule has 3 unspecified atom stereocenters. The fourth-order valence-corrected chi connectivity index (χ4v) is 3.95. The van der Waals surface area contributed by atoms with E-state index in [4.69, 9.17) is 4.74 Å². The summed E-state index contributed by atoms with van der Waals surface area (Å²) in [5.41, 5.74) is 2.67. The highest BCUT2D eigenvalue weighted by molar-refractivity contribution is 9.09. The number of carbonyl (C=O) groups is 1. The van der Waals surface area contributed by atoms with Crippen LogP contribution in [0.5, 0.6) is 0 Å². The van der Waals surface area contributed by atoms with E-state index in [1.807, 2.05) is 6.08 Å². The van der Waals surface area contributed by atoms with Crippen LogP contribution in [0.25, 0.3) is 0 Å². The van der Waals surface area contributed by atoms with E-state index in [-0.39, 0.29) is 17.5 Å². The molecule has 0 aromatic carbocycles. The van der Waals surface area contributed by atoms with E-state index < -0.39 is 6.10 Å². The average Bonchev–Trinajstić information content (AvgIpc) is 2.49. The molecule has 1 rings (SSSR count). The lowest BCUT2D eigenvalue weighted by molar-refractivity contribution is -0.144. The molecule has 0 amide bonds. The number of hydrogen-bond acceptors (Lipinski definition) is 3. The molecule has 1 aliphatic rings. The Morgan fingerprint density at radius 2 is 2.21 bits per heavy atom. The summed E-state index contributed by atoms with van der Waals surface area (Å²) in [6.07, 6.45) is 8.65. The van der Waals surface area contributed by atoms with Gasteiger partial charge < -0.3 is 9.84 Å². The minimum absolute atomic E-state index is 0.0298. The first-order valence-corrected chi connectivity index (χ1v) is 9.75. The summed E-state index contributed by atoms with van der Waals surface area (Å²) in [5, 5.41) is 10.8. The maximum atomic E-state index is 11.2. The van der Waals surface area contributed by atoms with Crippen LogP contribution in [-0.2, 0) is 9.53 Å². The molecule has 0 fully saturated rings. The first kappa shape index (κ1) is 21.2. The number of allylic oxidation sites excluding steroid dienone is 2. The summed E-state index contributed by atoms with van der Waals surface area (Å²) in [7, 11) is 0. The van der Waals surface area contributed by atoms with Crippen LogP contribution in [0.2, 0.25) is 0 Å². The lowest BCUT2D eigenvalue weighted by Crippen LogP contribution is -2.31. The van der Waals surface area contributed by atoms with Gasteiger partial charge in [0, 0.05) is 12.3 Å². The number of hydrogen-bond donors (Lipinski definition) is 1. The van der Waals surface area contributed by atoms with Gasteiger partial charge in [0.15, 0.2) is 0 Å². The number of aliphatic hydroxyl groups excluding tert-OH is 1. The first-order valence-electron chi connectivity index (χ1n) is 8.63. The van der Waals surface area contributed by atoms with Gasteiger partial charge in [-0.15, -0.1) is 6.58 Å². The molecular formula is C20H31BrO3. The second kappa shape index (κ2) is 9.57. The lowest BCUT2D eigenvalue weighted by atomic mass is 9.64. The SMILES string of the molecule is C=CC(O)CC1=C(C)CCC(/C=C/C(CCBr)OC(C)=O)C1(C)C. The third-order valence-electron chi connectivity index (χ3n) is 5.00.